The number of hydrogen-bond donors (Lipinski definition) is 1. The number of aryl methyl sites for hydroxylation is 1. The number of imidazole rings is 1. The smallest absolute Gasteiger partial charge is 0.261 e. The minimum absolute atomic E-state index is 0.229. The van der Waals surface area contributed by atoms with Gasteiger partial charge in [-0.15, -0.1) is 0 Å². The summed E-state index contributed by atoms with van der Waals surface area (Å²) in [6.07, 6.45) is 1.24. The summed E-state index contributed by atoms with van der Waals surface area (Å²) >= 11 is 7.58. The van der Waals surface area contributed by atoms with Gasteiger partial charge in [-0.2, -0.15) is 0 Å². The number of benzene rings is 2. The minimum atomic E-state index is -0.681. The van der Waals surface area contributed by atoms with Crippen LogP contribution in [0.5, 0.6) is 5.75 Å². The van der Waals surface area contributed by atoms with E-state index in [4.69, 9.17) is 16.3 Å². The fourth-order valence-corrected chi connectivity index (χ4v) is 4.24. The van der Waals surface area contributed by atoms with Crippen molar-refractivity contribution >= 4 is 33.8 Å². The molecule has 0 spiro atoms. The average Bonchev–Trinajstić information content (AvgIpc) is 3.27. The maximum atomic E-state index is 13.1. The lowest BCUT2D eigenvalue weighted by Gasteiger charge is -2.15. The first kappa shape index (κ1) is 20.4. The van der Waals surface area contributed by atoms with E-state index in [1.807, 2.05) is 17.5 Å². The van der Waals surface area contributed by atoms with Gasteiger partial charge in [-0.05, 0) is 50.2 Å². The van der Waals surface area contributed by atoms with Crippen LogP contribution in [-0.2, 0) is 11.3 Å². The van der Waals surface area contributed by atoms with Crippen LogP contribution in [0.2, 0.25) is 5.02 Å². The highest BCUT2D eigenvalue weighted by Gasteiger charge is 2.18. The maximum Gasteiger partial charge on any atom is 0.261 e. The van der Waals surface area contributed by atoms with E-state index in [1.54, 1.807) is 43.3 Å². The van der Waals surface area contributed by atoms with Gasteiger partial charge in [0.05, 0.1) is 17.3 Å². The molecule has 1 amide bonds. The number of rotatable bonds is 6. The van der Waals surface area contributed by atoms with Gasteiger partial charge in [-0.25, -0.2) is 9.37 Å². The molecule has 4 rings (SSSR count). The second-order valence-corrected chi connectivity index (χ2v) is 8.27. The predicted molar refractivity (Wildman–Crippen MR) is 117 cm³/mol. The average molecular weight is 444 g/mol. The van der Waals surface area contributed by atoms with E-state index in [0.717, 1.165) is 26.8 Å². The topological polar surface area (TPSA) is 55.6 Å². The third kappa shape index (κ3) is 4.17. The van der Waals surface area contributed by atoms with Crippen molar-refractivity contribution in [3.8, 4) is 17.0 Å². The van der Waals surface area contributed by atoms with E-state index in [1.165, 1.54) is 23.5 Å². The number of carbonyl (C=O) groups is 1. The van der Waals surface area contributed by atoms with Crippen LogP contribution in [0, 0.1) is 12.7 Å². The van der Waals surface area contributed by atoms with E-state index in [-0.39, 0.29) is 11.7 Å². The van der Waals surface area contributed by atoms with Gasteiger partial charge in [0.15, 0.2) is 11.1 Å². The Morgan fingerprint density at radius 2 is 2.00 bits per heavy atom. The molecule has 2 aromatic heterocycles. The molecule has 4 aromatic rings. The highest BCUT2D eigenvalue weighted by molar-refractivity contribution is 7.17. The molecule has 154 valence electrons. The Labute approximate surface area is 182 Å². The first-order valence-electron chi connectivity index (χ1n) is 9.34. The molecule has 8 heteroatoms. The summed E-state index contributed by atoms with van der Waals surface area (Å²) < 4.78 is 20.8. The lowest BCUT2D eigenvalue weighted by Crippen LogP contribution is -2.35. The van der Waals surface area contributed by atoms with Crippen LogP contribution >= 0.6 is 22.9 Å². The van der Waals surface area contributed by atoms with Crippen LogP contribution in [0.1, 0.15) is 17.5 Å². The summed E-state index contributed by atoms with van der Waals surface area (Å²) in [6.45, 7) is 4.04. The SMILES string of the molecule is Cc1c(CNC(=O)C(C)Oc2ccccc2Cl)sc2nc(-c3ccc(F)cc3)cn12. The Kier molecular flexibility index (Phi) is 5.74. The Hall–Kier alpha value is -2.90. The lowest BCUT2D eigenvalue weighted by atomic mass is 10.2. The largest absolute Gasteiger partial charge is 0.479 e. The number of ether oxygens (including phenoxy) is 1. The fraction of sp³-hybridized carbons (Fsp3) is 0.182. The number of aromatic nitrogens is 2. The first-order chi connectivity index (χ1) is 14.4. The van der Waals surface area contributed by atoms with Crippen molar-refractivity contribution in [3.63, 3.8) is 0 Å². The molecule has 0 fully saturated rings. The molecule has 2 aromatic carbocycles. The minimum Gasteiger partial charge on any atom is -0.479 e. The molecule has 0 aliphatic heterocycles. The number of thiazole rings is 1. The Bertz CT molecular complexity index is 1200. The van der Waals surface area contributed by atoms with Crippen molar-refractivity contribution in [2.75, 3.05) is 0 Å². The lowest BCUT2D eigenvalue weighted by molar-refractivity contribution is -0.127. The third-order valence-corrected chi connectivity index (χ3v) is 6.19. The summed E-state index contributed by atoms with van der Waals surface area (Å²) in [4.78, 5) is 18.9. The molecule has 0 aliphatic rings. The molecule has 30 heavy (non-hydrogen) atoms. The molecule has 0 saturated heterocycles. The normalized spacial score (nSPS) is 12.1. The van der Waals surface area contributed by atoms with Crippen LogP contribution in [0.15, 0.2) is 54.7 Å². The number of carbonyl (C=O) groups excluding carboxylic acids is 1. The van der Waals surface area contributed by atoms with Crippen molar-refractivity contribution in [1.29, 1.82) is 0 Å². The first-order valence-corrected chi connectivity index (χ1v) is 10.5. The van der Waals surface area contributed by atoms with E-state index < -0.39 is 6.10 Å². The standard InChI is InChI=1S/C22H19ClFN3O2S/c1-13-20(11-25-21(28)14(2)29-19-6-4-3-5-17(19)23)30-22-26-18(12-27(13)22)15-7-9-16(24)10-8-15/h3-10,12,14H,11H2,1-2H3,(H,25,28). The number of fused-ring (bicyclic) bond motifs is 1. The van der Waals surface area contributed by atoms with Gasteiger partial charge in [0.25, 0.3) is 5.91 Å². The zero-order valence-corrected chi connectivity index (χ0v) is 17.9. The van der Waals surface area contributed by atoms with Gasteiger partial charge in [0.2, 0.25) is 0 Å². The van der Waals surface area contributed by atoms with Gasteiger partial charge >= 0.3 is 0 Å². The second kappa shape index (κ2) is 8.45. The molecular weight excluding hydrogens is 425 g/mol. The third-order valence-electron chi connectivity index (χ3n) is 4.73. The van der Waals surface area contributed by atoms with Crippen molar-refractivity contribution in [2.24, 2.45) is 0 Å². The quantitative estimate of drug-likeness (QED) is 0.443. The highest BCUT2D eigenvalue weighted by atomic mass is 35.5. The van der Waals surface area contributed by atoms with Gasteiger partial charge in [-0.3, -0.25) is 9.20 Å². The molecule has 0 aliphatic carbocycles. The highest BCUT2D eigenvalue weighted by Crippen LogP contribution is 2.27. The van der Waals surface area contributed by atoms with E-state index in [2.05, 4.69) is 10.3 Å². The maximum absolute atomic E-state index is 13.1. The number of amides is 1. The van der Waals surface area contributed by atoms with E-state index >= 15 is 0 Å². The summed E-state index contributed by atoms with van der Waals surface area (Å²) in [5.74, 6) is -0.0324. The van der Waals surface area contributed by atoms with Crippen molar-refractivity contribution in [2.45, 2.75) is 26.5 Å². The number of hydrogen-bond acceptors (Lipinski definition) is 4. The zero-order valence-electron chi connectivity index (χ0n) is 16.4. The molecule has 5 nitrogen and oxygen atoms in total. The molecular formula is C22H19ClFN3O2S. The van der Waals surface area contributed by atoms with Crippen LogP contribution in [-0.4, -0.2) is 21.4 Å². The monoisotopic (exact) mass is 443 g/mol. The van der Waals surface area contributed by atoms with Crippen LogP contribution < -0.4 is 10.1 Å². The van der Waals surface area contributed by atoms with Crippen LogP contribution in [0.3, 0.4) is 0 Å². The van der Waals surface area contributed by atoms with Gasteiger partial charge in [0.1, 0.15) is 11.6 Å². The molecule has 1 atom stereocenters. The van der Waals surface area contributed by atoms with Crippen LogP contribution in [0.25, 0.3) is 16.2 Å². The predicted octanol–water partition coefficient (Wildman–Crippen LogP) is 5.25. The number of nitrogens with one attached hydrogen (secondary N) is 1. The van der Waals surface area contributed by atoms with Crippen molar-refractivity contribution < 1.29 is 13.9 Å². The summed E-state index contributed by atoms with van der Waals surface area (Å²) in [5.41, 5.74) is 2.63. The summed E-state index contributed by atoms with van der Waals surface area (Å²) in [6, 6.07) is 13.3. The fourth-order valence-electron chi connectivity index (χ4n) is 3.01. The molecule has 1 unspecified atom stereocenters. The number of para-hydroxylation sites is 1. The van der Waals surface area contributed by atoms with E-state index in [0.29, 0.717) is 17.3 Å². The summed E-state index contributed by atoms with van der Waals surface area (Å²) in [5, 5.41) is 3.37. The van der Waals surface area contributed by atoms with Crippen LogP contribution in [0.4, 0.5) is 4.39 Å². The number of nitrogens with zero attached hydrogens (tertiary/aromatic N) is 2. The Morgan fingerprint density at radius 1 is 1.27 bits per heavy atom. The van der Waals surface area contributed by atoms with Gasteiger partial charge in [0, 0.05) is 22.3 Å². The van der Waals surface area contributed by atoms with Crippen molar-refractivity contribution in [3.05, 3.63) is 76.1 Å². The Morgan fingerprint density at radius 3 is 2.70 bits per heavy atom. The van der Waals surface area contributed by atoms with E-state index in [9.17, 15) is 9.18 Å². The van der Waals surface area contributed by atoms with Gasteiger partial charge < -0.3 is 10.1 Å². The second-order valence-electron chi connectivity index (χ2n) is 6.80. The summed E-state index contributed by atoms with van der Waals surface area (Å²) in [7, 11) is 0. The molecule has 2 heterocycles. The molecule has 1 N–H and O–H groups in total. The molecule has 0 saturated carbocycles. The number of halogens is 2. The zero-order chi connectivity index (χ0) is 21.3. The molecule has 0 bridgehead atoms. The van der Waals surface area contributed by atoms with Crippen molar-refractivity contribution in [1.82, 2.24) is 14.7 Å². The molecule has 0 radical (unpaired) electrons. The Balaban J connectivity index is 1.43. The van der Waals surface area contributed by atoms with Gasteiger partial charge in [-0.1, -0.05) is 35.1 Å².